The van der Waals surface area contributed by atoms with Gasteiger partial charge in [0.2, 0.25) is 0 Å². The Hall–Kier alpha value is -0.120. The van der Waals surface area contributed by atoms with Crippen LogP contribution in [0.1, 0.15) is 39.5 Å². The lowest BCUT2D eigenvalue weighted by Gasteiger charge is -2.43. The molecule has 2 aliphatic heterocycles. The Kier molecular flexibility index (Phi) is 4.83. The van der Waals surface area contributed by atoms with Crippen molar-refractivity contribution in [1.82, 2.24) is 5.32 Å². The molecule has 17 heavy (non-hydrogen) atoms. The average molecular weight is 241 g/mol. The lowest BCUT2D eigenvalue weighted by Crippen LogP contribution is -2.46. The van der Waals surface area contributed by atoms with E-state index in [2.05, 4.69) is 19.2 Å². The molecule has 1 N–H and O–H groups in total. The van der Waals surface area contributed by atoms with Crippen LogP contribution in [0.5, 0.6) is 0 Å². The summed E-state index contributed by atoms with van der Waals surface area (Å²) < 4.78 is 11.5. The molecular formula is C14H27NO2. The fraction of sp³-hybridized carbons (Fsp3) is 1.00. The fourth-order valence-electron chi connectivity index (χ4n) is 2.97. The van der Waals surface area contributed by atoms with E-state index >= 15 is 0 Å². The van der Waals surface area contributed by atoms with Crippen LogP contribution in [-0.4, -0.2) is 38.5 Å². The number of hydrogen-bond donors (Lipinski definition) is 1. The SMILES string of the molecule is CC(C)CNCC1CCOC2(CCOCC2)C1. The third-order valence-electron chi connectivity index (χ3n) is 3.98. The highest BCUT2D eigenvalue weighted by atomic mass is 16.5. The topological polar surface area (TPSA) is 30.5 Å². The summed E-state index contributed by atoms with van der Waals surface area (Å²) in [5.74, 6) is 1.53. The first-order chi connectivity index (χ1) is 8.20. The number of nitrogens with one attached hydrogen (secondary N) is 1. The second kappa shape index (κ2) is 6.17. The summed E-state index contributed by atoms with van der Waals surface area (Å²) in [7, 11) is 0. The van der Waals surface area contributed by atoms with Crippen LogP contribution in [-0.2, 0) is 9.47 Å². The molecule has 0 aromatic rings. The van der Waals surface area contributed by atoms with Gasteiger partial charge >= 0.3 is 0 Å². The van der Waals surface area contributed by atoms with Crippen LogP contribution in [0.15, 0.2) is 0 Å². The second-order valence-corrected chi connectivity index (χ2v) is 6.05. The smallest absolute Gasteiger partial charge is 0.0729 e. The van der Waals surface area contributed by atoms with Gasteiger partial charge in [0.1, 0.15) is 0 Å². The number of hydrogen-bond acceptors (Lipinski definition) is 3. The van der Waals surface area contributed by atoms with E-state index in [-0.39, 0.29) is 5.60 Å². The zero-order valence-corrected chi connectivity index (χ0v) is 11.3. The monoisotopic (exact) mass is 241 g/mol. The Balaban J connectivity index is 1.76. The van der Waals surface area contributed by atoms with Crippen molar-refractivity contribution in [1.29, 1.82) is 0 Å². The fourth-order valence-corrected chi connectivity index (χ4v) is 2.97. The predicted octanol–water partition coefficient (Wildman–Crippen LogP) is 2.21. The Morgan fingerprint density at radius 3 is 2.71 bits per heavy atom. The molecule has 1 spiro atoms. The lowest BCUT2D eigenvalue weighted by atomic mass is 9.81. The number of rotatable bonds is 4. The van der Waals surface area contributed by atoms with Crippen molar-refractivity contribution in [2.75, 3.05) is 32.9 Å². The summed E-state index contributed by atoms with van der Waals surface area (Å²) in [4.78, 5) is 0. The Bertz CT molecular complexity index is 219. The van der Waals surface area contributed by atoms with Gasteiger partial charge in [-0.15, -0.1) is 0 Å². The highest BCUT2D eigenvalue weighted by Gasteiger charge is 2.38. The first kappa shape index (κ1) is 13.3. The van der Waals surface area contributed by atoms with Gasteiger partial charge in [-0.25, -0.2) is 0 Å². The van der Waals surface area contributed by atoms with E-state index in [0.717, 1.165) is 57.6 Å². The standard InChI is InChI=1S/C14H27NO2/c1-12(2)10-15-11-13-3-6-17-14(9-13)4-7-16-8-5-14/h12-13,15H,3-11H2,1-2H3. The molecule has 2 fully saturated rings. The molecule has 100 valence electrons. The van der Waals surface area contributed by atoms with Gasteiger partial charge in [0.25, 0.3) is 0 Å². The molecule has 0 aromatic heterocycles. The minimum Gasteiger partial charge on any atom is -0.381 e. The zero-order valence-electron chi connectivity index (χ0n) is 11.3. The van der Waals surface area contributed by atoms with Crippen molar-refractivity contribution in [2.24, 2.45) is 11.8 Å². The van der Waals surface area contributed by atoms with Gasteiger partial charge in [-0.1, -0.05) is 13.8 Å². The van der Waals surface area contributed by atoms with E-state index in [1.54, 1.807) is 0 Å². The molecule has 3 heteroatoms. The van der Waals surface area contributed by atoms with Crippen molar-refractivity contribution in [3.05, 3.63) is 0 Å². The van der Waals surface area contributed by atoms with Crippen LogP contribution >= 0.6 is 0 Å². The Morgan fingerprint density at radius 1 is 1.24 bits per heavy atom. The maximum absolute atomic E-state index is 6.06. The van der Waals surface area contributed by atoms with Crippen molar-refractivity contribution in [3.63, 3.8) is 0 Å². The van der Waals surface area contributed by atoms with Crippen molar-refractivity contribution in [3.8, 4) is 0 Å². The molecule has 2 saturated heterocycles. The van der Waals surface area contributed by atoms with Gasteiger partial charge in [-0.2, -0.15) is 0 Å². The quantitative estimate of drug-likeness (QED) is 0.818. The summed E-state index contributed by atoms with van der Waals surface area (Å²) in [5.41, 5.74) is 0.153. The Labute approximate surface area is 105 Å². The minimum atomic E-state index is 0.153. The van der Waals surface area contributed by atoms with Gasteiger partial charge in [0.05, 0.1) is 5.60 Å². The van der Waals surface area contributed by atoms with Crippen LogP contribution in [0.2, 0.25) is 0 Å². The molecule has 2 aliphatic rings. The molecule has 0 bridgehead atoms. The summed E-state index contributed by atoms with van der Waals surface area (Å²) in [6, 6.07) is 0. The normalized spacial score (nSPS) is 28.8. The zero-order chi connectivity index (χ0) is 12.1. The molecule has 0 radical (unpaired) electrons. The van der Waals surface area contributed by atoms with Crippen molar-refractivity contribution in [2.45, 2.75) is 45.1 Å². The van der Waals surface area contributed by atoms with E-state index in [1.165, 1.54) is 12.8 Å². The van der Waals surface area contributed by atoms with E-state index in [0.29, 0.717) is 0 Å². The first-order valence-corrected chi connectivity index (χ1v) is 7.13. The highest BCUT2D eigenvalue weighted by Crippen LogP contribution is 2.36. The Morgan fingerprint density at radius 2 is 2.00 bits per heavy atom. The molecule has 0 aromatic carbocycles. The van der Waals surface area contributed by atoms with Crippen LogP contribution in [0.3, 0.4) is 0 Å². The van der Waals surface area contributed by atoms with Crippen molar-refractivity contribution >= 4 is 0 Å². The summed E-state index contributed by atoms with van der Waals surface area (Å²) in [6.45, 7) is 9.51. The van der Waals surface area contributed by atoms with E-state index in [4.69, 9.17) is 9.47 Å². The van der Waals surface area contributed by atoms with Gasteiger partial charge in [-0.05, 0) is 50.6 Å². The van der Waals surface area contributed by atoms with Crippen LogP contribution < -0.4 is 5.32 Å². The van der Waals surface area contributed by atoms with E-state index < -0.39 is 0 Å². The van der Waals surface area contributed by atoms with E-state index in [1.807, 2.05) is 0 Å². The summed E-state index contributed by atoms with van der Waals surface area (Å²) in [6.07, 6.45) is 4.62. The van der Waals surface area contributed by atoms with E-state index in [9.17, 15) is 0 Å². The molecule has 0 saturated carbocycles. The molecule has 3 nitrogen and oxygen atoms in total. The molecule has 1 atom stereocenters. The maximum Gasteiger partial charge on any atom is 0.0729 e. The largest absolute Gasteiger partial charge is 0.381 e. The minimum absolute atomic E-state index is 0.153. The van der Waals surface area contributed by atoms with Gasteiger partial charge in [0.15, 0.2) is 0 Å². The van der Waals surface area contributed by atoms with Crippen LogP contribution in [0, 0.1) is 11.8 Å². The van der Waals surface area contributed by atoms with Crippen molar-refractivity contribution < 1.29 is 9.47 Å². The molecule has 2 heterocycles. The van der Waals surface area contributed by atoms with Crippen LogP contribution in [0.25, 0.3) is 0 Å². The maximum atomic E-state index is 6.06. The highest BCUT2D eigenvalue weighted by molar-refractivity contribution is 4.89. The predicted molar refractivity (Wildman–Crippen MR) is 69.2 cm³/mol. The van der Waals surface area contributed by atoms with Gasteiger partial charge < -0.3 is 14.8 Å². The summed E-state index contributed by atoms with van der Waals surface area (Å²) in [5, 5.41) is 3.59. The van der Waals surface area contributed by atoms with Gasteiger partial charge in [0, 0.05) is 19.8 Å². The first-order valence-electron chi connectivity index (χ1n) is 7.13. The third kappa shape index (κ3) is 3.94. The summed E-state index contributed by atoms with van der Waals surface area (Å²) >= 11 is 0. The number of ether oxygens (including phenoxy) is 2. The molecule has 2 rings (SSSR count). The third-order valence-corrected chi connectivity index (χ3v) is 3.98. The average Bonchev–Trinajstić information content (AvgIpc) is 2.29. The van der Waals surface area contributed by atoms with Crippen LogP contribution in [0.4, 0.5) is 0 Å². The molecule has 0 amide bonds. The second-order valence-electron chi connectivity index (χ2n) is 6.05. The molecule has 0 aliphatic carbocycles. The van der Waals surface area contributed by atoms with Gasteiger partial charge in [-0.3, -0.25) is 0 Å². The molecule has 1 unspecified atom stereocenters. The molecular weight excluding hydrogens is 214 g/mol. The lowest BCUT2D eigenvalue weighted by molar-refractivity contribution is -0.146.